The monoisotopic (exact) mass is 342 g/mol. The van der Waals surface area contributed by atoms with Crippen LogP contribution >= 0.6 is 0 Å². The van der Waals surface area contributed by atoms with Crippen LogP contribution in [0.1, 0.15) is 18.4 Å². The summed E-state index contributed by atoms with van der Waals surface area (Å²) < 4.78 is 1.78. The quantitative estimate of drug-likeness (QED) is 0.855. The molecule has 0 saturated carbocycles. The van der Waals surface area contributed by atoms with Crippen molar-refractivity contribution >= 4 is 11.9 Å². The van der Waals surface area contributed by atoms with Crippen LogP contribution in [0.15, 0.2) is 42.7 Å². The van der Waals surface area contributed by atoms with Crippen molar-refractivity contribution < 1.29 is 14.7 Å². The standard InChI is InChI=1S/C18H22N4O3/c1-21-12-14(5-8-16(21)18(24)25)17(23)19-11-13-3-6-15(7-4-13)22-10-2-9-20-22/h2-4,6-7,9-10,14,16H,5,8,11-12H2,1H3,(H,19,23)(H,24,25). The zero-order valence-corrected chi connectivity index (χ0v) is 14.1. The summed E-state index contributed by atoms with van der Waals surface area (Å²) in [6.45, 7) is 0.932. The molecule has 3 rings (SSSR count). The highest BCUT2D eigenvalue weighted by Crippen LogP contribution is 2.21. The normalized spacial score (nSPS) is 21.0. The molecule has 132 valence electrons. The second-order valence-electron chi connectivity index (χ2n) is 6.40. The molecule has 1 amide bonds. The van der Waals surface area contributed by atoms with Crippen molar-refractivity contribution in [2.45, 2.75) is 25.4 Å². The molecule has 7 nitrogen and oxygen atoms in total. The van der Waals surface area contributed by atoms with Gasteiger partial charge in [-0.15, -0.1) is 0 Å². The predicted octanol–water partition coefficient (Wildman–Crippen LogP) is 1.28. The first-order valence-corrected chi connectivity index (χ1v) is 8.34. The first-order valence-electron chi connectivity index (χ1n) is 8.34. The molecule has 0 aliphatic carbocycles. The summed E-state index contributed by atoms with van der Waals surface area (Å²) in [5, 5.41) is 16.3. The Morgan fingerprint density at radius 2 is 2.04 bits per heavy atom. The molecule has 1 aliphatic rings. The number of carboxylic acid groups (broad SMARTS) is 1. The average Bonchev–Trinajstić information content (AvgIpc) is 3.14. The topological polar surface area (TPSA) is 87.5 Å². The van der Waals surface area contributed by atoms with Crippen molar-refractivity contribution in [1.29, 1.82) is 0 Å². The number of aromatic nitrogens is 2. The summed E-state index contributed by atoms with van der Waals surface area (Å²) in [7, 11) is 1.76. The zero-order chi connectivity index (χ0) is 17.8. The third-order valence-corrected chi connectivity index (χ3v) is 4.66. The van der Waals surface area contributed by atoms with Gasteiger partial charge >= 0.3 is 5.97 Å². The van der Waals surface area contributed by atoms with Crippen molar-refractivity contribution in [2.75, 3.05) is 13.6 Å². The molecule has 2 N–H and O–H groups in total. The van der Waals surface area contributed by atoms with E-state index >= 15 is 0 Å². The Labute approximate surface area is 146 Å². The molecule has 7 heteroatoms. The van der Waals surface area contributed by atoms with Crippen molar-refractivity contribution in [1.82, 2.24) is 20.0 Å². The van der Waals surface area contributed by atoms with Gasteiger partial charge in [-0.3, -0.25) is 14.5 Å². The van der Waals surface area contributed by atoms with Gasteiger partial charge in [0.05, 0.1) is 11.6 Å². The number of carbonyl (C=O) groups excluding carboxylic acids is 1. The first-order chi connectivity index (χ1) is 12.0. The number of hydrogen-bond acceptors (Lipinski definition) is 4. The van der Waals surface area contributed by atoms with Crippen LogP contribution in [-0.4, -0.2) is 51.3 Å². The molecular formula is C18H22N4O3. The van der Waals surface area contributed by atoms with Gasteiger partial charge in [0.1, 0.15) is 6.04 Å². The molecule has 1 saturated heterocycles. The van der Waals surface area contributed by atoms with E-state index in [1.165, 1.54) is 0 Å². The number of aliphatic carboxylic acids is 1. The molecule has 2 heterocycles. The third-order valence-electron chi connectivity index (χ3n) is 4.66. The van der Waals surface area contributed by atoms with Gasteiger partial charge in [-0.05, 0) is 43.7 Å². The fraction of sp³-hybridized carbons (Fsp3) is 0.389. The van der Waals surface area contributed by atoms with Crippen LogP contribution in [0.25, 0.3) is 5.69 Å². The highest BCUT2D eigenvalue weighted by molar-refractivity contribution is 5.80. The molecular weight excluding hydrogens is 320 g/mol. The fourth-order valence-electron chi connectivity index (χ4n) is 3.19. The minimum atomic E-state index is -0.821. The van der Waals surface area contributed by atoms with Crippen LogP contribution in [0.4, 0.5) is 0 Å². The lowest BCUT2D eigenvalue weighted by molar-refractivity contribution is -0.146. The predicted molar refractivity (Wildman–Crippen MR) is 92.2 cm³/mol. The molecule has 1 aromatic heterocycles. The van der Waals surface area contributed by atoms with Gasteiger partial charge in [0, 0.05) is 25.5 Å². The molecule has 2 atom stereocenters. The maximum Gasteiger partial charge on any atom is 0.320 e. The maximum atomic E-state index is 12.3. The Bertz CT molecular complexity index is 727. The number of benzene rings is 1. The van der Waals surface area contributed by atoms with Gasteiger partial charge in [-0.25, -0.2) is 4.68 Å². The molecule has 0 spiro atoms. The molecule has 0 bridgehead atoms. The summed E-state index contributed by atoms with van der Waals surface area (Å²) in [5.41, 5.74) is 1.98. The van der Waals surface area contributed by atoms with E-state index in [-0.39, 0.29) is 11.8 Å². The molecule has 1 fully saturated rings. The van der Waals surface area contributed by atoms with Gasteiger partial charge in [-0.2, -0.15) is 5.10 Å². The number of piperidine rings is 1. The van der Waals surface area contributed by atoms with Gasteiger partial charge in [0.2, 0.25) is 5.91 Å². The number of nitrogens with one attached hydrogen (secondary N) is 1. The number of nitrogens with zero attached hydrogens (tertiary/aromatic N) is 3. The number of likely N-dealkylation sites (tertiary alicyclic amines) is 1. The second-order valence-corrected chi connectivity index (χ2v) is 6.40. The number of amides is 1. The molecule has 25 heavy (non-hydrogen) atoms. The Hall–Kier alpha value is -2.67. The van der Waals surface area contributed by atoms with Crippen LogP contribution in [0.5, 0.6) is 0 Å². The first kappa shape index (κ1) is 17.2. The largest absolute Gasteiger partial charge is 0.480 e. The van der Waals surface area contributed by atoms with Crippen LogP contribution in [0.2, 0.25) is 0 Å². The second kappa shape index (κ2) is 7.48. The van der Waals surface area contributed by atoms with Crippen LogP contribution in [0.3, 0.4) is 0 Å². The number of likely N-dealkylation sites (N-methyl/N-ethyl adjacent to an activating group) is 1. The fourth-order valence-corrected chi connectivity index (χ4v) is 3.19. The van der Waals surface area contributed by atoms with E-state index in [2.05, 4.69) is 10.4 Å². The number of rotatable bonds is 5. The lowest BCUT2D eigenvalue weighted by atomic mass is 9.92. The van der Waals surface area contributed by atoms with Crippen LogP contribution in [-0.2, 0) is 16.1 Å². The third kappa shape index (κ3) is 4.06. The highest BCUT2D eigenvalue weighted by atomic mass is 16.4. The van der Waals surface area contributed by atoms with E-state index in [0.717, 1.165) is 11.3 Å². The zero-order valence-electron chi connectivity index (χ0n) is 14.1. The minimum absolute atomic E-state index is 0.0214. The maximum absolute atomic E-state index is 12.3. The van der Waals surface area contributed by atoms with E-state index in [0.29, 0.717) is 25.9 Å². The SMILES string of the molecule is CN1CC(C(=O)NCc2ccc(-n3cccn3)cc2)CCC1C(=O)O. The van der Waals surface area contributed by atoms with Gasteiger partial charge in [-0.1, -0.05) is 12.1 Å². The number of hydrogen-bond donors (Lipinski definition) is 2. The van der Waals surface area contributed by atoms with E-state index in [4.69, 9.17) is 5.11 Å². The molecule has 1 aliphatic heterocycles. The lowest BCUT2D eigenvalue weighted by Crippen LogP contribution is -2.49. The molecule has 1 aromatic carbocycles. The number of carbonyl (C=O) groups is 2. The average molecular weight is 342 g/mol. The van der Waals surface area contributed by atoms with E-state index in [1.54, 1.807) is 22.8 Å². The van der Waals surface area contributed by atoms with Gasteiger partial charge in [0.15, 0.2) is 0 Å². The lowest BCUT2D eigenvalue weighted by Gasteiger charge is -2.34. The van der Waals surface area contributed by atoms with Gasteiger partial charge < -0.3 is 10.4 Å². The van der Waals surface area contributed by atoms with E-state index in [1.807, 2.05) is 36.5 Å². The Balaban J connectivity index is 1.52. The van der Waals surface area contributed by atoms with Gasteiger partial charge in [0.25, 0.3) is 0 Å². The highest BCUT2D eigenvalue weighted by Gasteiger charge is 2.33. The molecule has 2 unspecified atom stereocenters. The summed E-state index contributed by atoms with van der Waals surface area (Å²) in [6, 6.07) is 9.22. The Kier molecular flexibility index (Phi) is 5.14. The molecule has 2 aromatic rings. The van der Waals surface area contributed by atoms with E-state index < -0.39 is 12.0 Å². The summed E-state index contributed by atoms with van der Waals surface area (Å²) in [4.78, 5) is 25.2. The smallest absolute Gasteiger partial charge is 0.320 e. The van der Waals surface area contributed by atoms with Crippen molar-refractivity contribution in [3.63, 3.8) is 0 Å². The summed E-state index contributed by atoms with van der Waals surface area (Å²) in [6.07, 6.45) is 4.71. The summed E-state index contributed by atoms with van der Waals surface area (Å²) >= 11 is 0. The molecule has 0 radical (unpaired) electrons. The Morgan fingerprint density at radius 1 is 1.28 bits per heavy atom. The van der Waals surface area contributed by atoms with E-state index in [9.17, 15) is 9.59 Å². The van der Waals surface area contributed by atoms with Crippen molar-refractivity contribution in [2.24, 2.45) is 5.92 Å². The minimum Gasteiger partial charge on any atom is -0.480 e. The van der Waals surface area contributed by atoms with Crippen LogP contribution < -0.4 is 5.32 Å². The van der Waals surface area contributed by atoms with Crippen LogP contribution in [0, 0.1) is 5.92 Å². The Morgan fingerprint density at radius 3 is 2.64 bits per heavy atom. The van der Waals surface area contributed by atoms with Crippen molar-refractivity contribution in [3.05, 3.63) is 48.3 Å². The van der Waals surface area contributed by atoms with Crippen molar-refractivity contribution in [3.8, 4) is 5.69 Å². The summed E-state index contributed by atoms with van der Waals surface area (Å²) in [5.74, 6) is -1.01. The number of carboxylic acids is 1.